The molecule has 0 aliphatic carbocycles. The number of nitrogens with zero attached hydrogens (tertiary/aromatic N) is 2. The lowest BCUT2D eigenvalue weighted by Crippen LogP contribution is -2.41. The molecule has 0 radical (unpaired) electrons. The highest BCUT2D eigenvalue weighted by Crippen LogP contribution is 2.13. The second kappa shape index (κ2) is 11.8. The fourth-order valence-corrected chi connectivity index (χ4v) is 4.17. The zero-order valence-corrected chi connectivity index (χ0v) is 18.7. The molecule has 1 aromatic carbocycles. The number of hydrogen-bond acceptors (Lipinski definition) is 4. The Morgan fingerprint density at radius 1 is 1.35 bits per heavy atom. The highest BCUT2D eigenvalue weighted by Gasteiger charge is 2.19. The smallest absolute Gasteiger partial charge is 0.193 e. The van der Waals surface area contributed by atoms with Gasteiger partial charge in [0.1, 0.15) is 0 Å². The van der Waals surface area contributed by atoms with Crippen molar-refractivity contribution in [3.8, 4) is 0 Å². The van der Waals surface area contributed by atoms with Crippen LogP contribution in [0.25, 0.3) is 0 Å². The van der Waals surface area contributed by atoms with Crippen molar-refractivity contribution in [2.75, 3.05) is 45.6 Å². The zero-order chi connectivity index (χ0) is 18.1. The van der Waals surface area contributed by atoms with Crippen LogP contribution in [-0.4, -0.2) is 64.9 Å². The van der Waals surface area contributed by atoms with Crippen LogP contribution in [0.3, 0.4) is 0 Å². The van der Waals surface area contributed by atoms with Gasteiger partial charge in [-0.3, -0.25) is 4.99 Å². The summed E-state index contributed by atoms with van der Waals surface area (Å²) in [6, 6.07) is 8.59. The third-order valence-corrected chi connectivity index (χ3v) is 6.00. The van der Waals surface area contributed by atoms with Crippen LogP contribution in [0.4, 0.5) is 0 Å². The van der Waals surface area contributed by atoms with Crippen molar-refractivity contribution in [3.05, 3.63) is 30.3 Å². The number of ether oxygens (including phenoxy) is 1. The number of guanidine groups is 1. The molecule has 1 N–H and O–H groups in total. The molecule has 0 saturated carbocycles. The SMILES string of the molecule is CCNC(=NCCCS(=O)(=O)c1ccccc1)N(C)CC1CCOC1.I. The summed E-state index contributed by atoms with van der Waals surface area (Å²) in [6.07, 6.45) is 1.59. The highest BCUT2D eigenvalue weighted by atomic mass is 127. The van der Waals surface area contributed by atoms with Gasteiger partial charge in [-0.15, -0.1) is 24.0 Å². The molecule has 0 bridgehead atoms. The van der Waals surface area contributed by atoms with Gasteiger partial charge in [-0.1, -0.05) is 18.2 Å². The van der Waals surface area contributed by atoms with E-state index in [9.17, 15) is 8.42 Å². The minimum atomic E-state index is -3.23. The lowest BCUT2D eigenvalue weighted by atomic mass is 10.1. The number of hydrogen-bond donors (Lipinski definition) is 1. The fourth-order valence-electron chi connectivity index (χ4n) is 2.86. The van der Waals surface area contributed by atoms with Gasteiger partial charge in [0.05, 0.1) is 17.3 Å². The average molecular weight is 495 g/mol. The van der Waals surface area contributed by atoms with E-state index in [-0.39, 0.29) is 29.7 Å². The van der Waals surface area contributed by atoms with E-state index in [0.717, 1.165) is 38.7 Å². The van der Waals surface area contributed by atoms with Crippen LogP contribution in [0.1, 0.15) is 19.8 Å². The average Bonchev–Trinajstić information content (AvgIpc) is 3.11. The molecule has 2 rings (SSSR count). The Hall–Kier alpha value is -0.870. The molecule has 0 spiro atoms. The Morgan fingerprint density at radius 2 is 2.08 bits per heavy atom. The summed E-state index contributed by atoms with van der Waals surface area (Å²) in [6.45, 7) is 5.84. The topological polar surface area (TPSA) is 71.0 Å². The first-order valence-electron chi connectivity index (χ1n) is 8.88. The quantitative estimate of drug-likeness (QED) is 0.260. The largest absolute Gasteiger partial charge is 0.381 e. The molecule has 1 saturated heterocycles. The molecule has 6 nitrogen and oxygen atoms in total. The summed E-state index contributed by atoms with van der Waals surface area (Å²) in [5, 5.41) is 3.27. The van der Waals surface area contributed by atoms with E-state index in [1.54, 1.807) is 24.3 Å². The van der Waals surface area contributed by atoms with Crippen molar-refractivity contribution < 1.29 is 13.2 Å². The predicted octanol–water partition coefficient (Wildman–Crippen LogP) is 2.40. The number of rotatable bonds is 8. The van der Waals surface area contributed by atoms with E-state index >= 15 is 0 Å². The van der Waals surface area contributed by atoms with Gasteiger partial charge in [-0.25, -0.2) is 8.42 Å². The normalized spacial score (nSPS) is 17.6. The van der Waals surface area contributed by atoms with Gasteiger partial charge >= 0.3 is 0 Å². The summed E-state index contributed by atoms with van der Waals surface area (Å²) in [5.74, 6) is 1.47. The van der Waals surface area contributed by atoms with Crippen molar-refractivity contribution in [1.29, 1.82) is 0 Å². The Labute approximate surface area is 174 Å². The van der Waals surface area contributed by atoms with Crippen molar-refractivity contribution >= 4 is 39.8 Å². The van der Waals surface area contributed by atoms with Crippen molar-refractivity contribution in [1.82, 2.24) is 10.2 Å². The number of halogens is 1. The molecule has 1 atom stereocenters. The minimum Gasteiger partial charge on any atom is -0.381 e. The molecular weight excluding hydrogens is 465 g/mol. The maximum absolute atomic E-state index is 12.3. The van der Waals surface area contributed by atoms with E-state index in [2.05, 4.69) is 15.2 Å². The molecule has 1 fully saturated rings. The first kappa shape index (κ1) is 23.2. The number of nitrogens with one attached hydrogen (secondary N) is 1. The Morgan fingerprint density at radius 3 is 2.69 bits per heavy atom. The molecular formula is C18H30IN3O3S. The van der Waals surface area contributed by atoms with Crippen LogP contribution in [0.2, 0.25) is 0 Å². The van der Waals surface area contributed by atoms with Gasteiger partial charge in [-0.2, -0.15) is 0 Å². The van der Waals surface area contributed by atoms with Crippen LogP contribution in [0.5, 0.6) is 0 Å². The van der Waals surface area contributed by atoms with Crippen LogP contribution >= 0.6 is 24.0 Å². The van der Waals surface area contributed by atoms with E-state index in [0.29, 0.717) is 23.8 Å². The van der Waals surface area contributed by atoms with Gasteiger partial charge in [-0.05, 0) is 31.9 Å². The van der Waals surface area contributed by atoms with E-state index < -0.39 is 9.84 Å². The maximum Gasteiger partial charge on any atom is 0.193 e. The monoisotopic (exact) mass is 495 g/mol. The van der Waals surface area contributed by atoms with Crippen LogP contribution in [0.15, 0.2) is 40.2 Å². The first-order valence-corrected chi connectivity index (χ1v) is 10.5. The molecule has 26 heavy (non-hydrogen) atoms. The third kappa shape index (κ3) is 7.40. The van der Waals surface area contributed by atoms with Gasteiger partial charge in [0.25, 0.3) is 0 Å². The number of benzene rings is 1. The van der Waals surface area contributed by atoms with Gasteiger partial charge in [0, 0.05) is 39.2 Å². The molecule has 1 unspecified atom stereocenters. The summed E-state index contributed by atoms with van der Waals surface area (Å²) in [4.78, 5) is 7.06. The first-order chi connectivity index (χ1) is 12.0. The predicted molar refractivity (Wildman–Crippen MR) is 116 cm³/mol. The molecule has 0 aromatic heterocycles. The molecule has 1 aliphatic rings. The van der Waals surface area contributed by atoms with Crippen LogP contribution < -0.4 is 5.32 Å². The van der Waals surface area contributed by atoms with Crippen molar-refractivity contribution in [2.24, 2.45) is 10.9 Å². The standard InChI is InChI=1S/C18H29N3O3S.HI/c1-3-19-18(21(2)14-16-10-12-24-15-16)20-11-7-13-25(22,23)17-8-5-4-6-9-17;/h4-6,8-9,16H,3,7,10-15H2,1-2H3,(H,19,20);1H. The lowest BCUT2D eigenvalue weighted by molar-refractivity contribution is 0.181. The van der Waals surface area contributed by atoms with E-state index in [4.69, 9.17) is 4.74 Å². The second-order valence-corrected chi connectivity index (χ2v) is 8.44. The summed E-state index contributed by atoms with van der Waals surface area (Å²) >= 11 is 0. The van der Waals surface area contributed by atoms with Gasteiger partial charge < -0.3 is 15.0 Å². The van der Waals surface area contributed by atoms with Crippen molar-refractivity contribution in [3.63, 3.8) is 0 Å². The zero-order valence-electron chi connectivity index (χ0n) is 15.6. The van der Waals surface area contributed by atoms with Gasteiger partial charge in [0.15, 0.2) is 15.8 Å². The maximum atomic E-state index is 12.3. The Kier molecular flexibility index (Phi) is 10.5. The molecule has 1 aromatic rings. The van der Waals surface area contributed by atoms with Crippen LogP contribution in [0, 0.1) is 5.92 Å². The summed E-state index contributed by atoms with van der Waals surface area (Å²) in [7, 11) is -1.21. The van der Waals surface area contributed by atoms with Crippen molar-refractivity contribution in [2.45, 2.75) is 24.7 Å². The molecule has 8 heteroatoms. The minimum absolute atomic E-state index is 0. The highest BCUT2D eigenvalue weighted by molar-refractivity contribution is 14.0. The summed E-state index contributed by atoms with van der Waals surface area (Å²) < 4.78 is 30.0. The molecule has 148 valence electrons. The van der Waals surface area contributed by atoms with Crippen LogP contribution in [-0.2, 0) is 14.6 Å². The number of aliphatic imine (C=N–C) groups is 1. The number of sulfone groups is 1. The van der Waals surface area contributed by atoms with E-state index in [1.165, 1.54) is 0 Å². The second-order valence-electron chi connectivity index (χ2n) is 6.33. The lowest BCUT2D eigenvalue weighted by Gasteiger charge is -2.24. The summed E-state index contributed by atoms with van der Waals surface area (Å²) in [5.41, 5.74) is 0. The van der Waals surface area contributed by atoms with E-state index in [1.807, 2.05) is 20.0 Å². The van der Waals surface area contributed by atoms with Gasteiger partial charge in [0.2, 0.25) is 0 Å². The third-order valence-electron chi connectivity index (χ3n) is 4.19. The molecule has 1 aliphatic heterocycles. The Bertz CT molecular complexity index is 647. The molecule has 1 heterocycles. The molecule has 0 amide bonds. The fraction of sp³-hybridized carbons (Fsp3) is 0.611. The Balaban J connectivity index is 0.00000338.